The lowest BCUT2D eigenvalue weighted by Crippen LogP contribution is -2.16. The predicted octanol–water partition coefficient (Wildman–Crippen LogP) is 5.09. The summed E-state index contributed by atoms with van der Waals surface area (Å²) in [6.07, 6.45) is -1.79. The zero-order valence-electron chi connectivity index (χ0n) is 11.1. The highest BCUT2D eigenvalue weighted by Crippen LogP contribution is 2.23. The zero-order valence-corrected chi connectivity index (χ0v) is 13.3. The Morgan fingerprint density at radius 3 is 2.14 bits per heavy atom. The number of hydrogen-bond donors (Lipinski definition) is 0. The molecule has 0 radical (unpaired) electrons. The molecular formula is C16H10F3IO2. The number of rotatable bonds is 4. The van der Waals surface area contributed by atoms with Crippen LogP contribution in [0.15, 0.2) is 54.6 Å². The van der Waals surface area contributed by atoms with Gasteiger partial charge in [-0.3, -0.25) is 4.79 Å². The first-order valence-corrected chi connectivity index (χ1v) is 7.25. The molecule has 2 nitrogen and oxygen atoms in total. The minimum Gasteiger partial charge on any atom is -0.406 e. The van der Waals surface area contributed by atoms with Crippen molar-refractivity contribution in [2.24, 2.45) is 0 Å². The van der Waals surface area contributed by atoms with Crippen molar-refractivity contribution in [3.63, 3.8) is 0 Å². The van der Waals surface area contributed by atoms with Gasteiger partial charge in [0.25, 0.3) is 0 Å². The van der Waals surface area contributed by atoms with Crippen molar-refractivity contribution >= 4 is 34.5 Å². The monoisotopic (exact) mass is 418 g/mol. The standard InChI is InChI=1S/C16H10F3IO2/c17-16(18,19)22-14-8-1-11(2-9-14)3-10-15(21)12-4-6-13(20)7-5-12/h1-10H/b10-3+. The fourth-order valence-electron chi connectivity index (χ4n) is 1.66. The minimum absolute atomic E-state index is 0.174. The van der Waals surface area contributed by atoms with Gasteiger partial charge in [-0.25, -0.2) is 0 Å². The highest BCUT2D eigenvalue weighted by Gasteiger charge is 2.30. The Kier molecular flexibility index (Phi) is 5.23. The van der Waals surface area contributed by atoms with E-state index in [0.717, 1.165) is 3.57 Å². The summed E-state index contributed by atoms with van der Waals surface area (Å²) in [4.78, 5) is 11.9. The number of benzene rings is 2. The first-order chi connectivity index (χ1) is 10.3. The van der Waals surface area contributed by atoms with E-state index in [2.05, 4.69) is 27.3 Å². The maximum Gasteiger partial charge on any atom is 0.573 e. The van der Waals surface area contributed by atoms with Gasteiger partial charge in [0.1, 0.15) is 5.75 Å². The van der Waals surface area contributed by atoms with Crippen LogP contribution in [0.5, 0.6) is 5.75 Å². The topological polar surface area (TPSA) is 26.3 Å². The number of ether oxygens (including phenoxy) is 1. The van der Waals surface area contributed by atoms with Crippen molar-refractivity contribution < 1.29 is 22.7 Å². The number of carbonyl (C=O) groups is 1. The third-order valence-corrected chi connectivity index (χ3v) is 3.39. The van der Waals surface area contributed by atoms with Crippen LogP contribution in [-0.4, -0.2) is 12.1 Å². The van der Waals surface area contributed by atoms with Gasteiger partial charge in [0.05, 0.1) is 0 Å². The number of alkyl halides is 3. The summed E-state index contributed by atoms with van der Waals surface area (Å²) >= 11 is 2.14. The van der Waals surface area contributed by atoms with E-state index in [0.29, 0.717) is 11.1 Å². The van der Waals surface area contributed by atoms with E-state index in [4.69, 9.17) is 0 Å². The molecule has 2 aromatic carbocycles. The Labute approximate surface area is 138 Å². The van der Waals surface area contributed by atoms with Crippen molar-refractivity contribution in [1.29, 1.82) is 0 Å². The highest BCUT2D eigenvalue weighted by atomic mass is 127. The molecule has 2 rings (SSSR count). The van der Waals surface area contributed by atoms with Gasteiger partial charge in [-0.1, -0.05) is 30.3 Å². The molecule has 22 heavy (non-hydrogen) atoms. The maximum absolute atomic E-state index is 12.0. The summed E-state index contributed by atoms with van der Waals surface area (Å²) in [5.41, 5.74) is 1.15. The van der Waals surface area contributed by atoms with E-state index in [-0.39, 0.29) is 11.5 Å². The number of allylic oxidation sites excluding steroid dienone is 1. The summed E-state index contributed by atoms with van der Waals surface area (Å²) < 4.78 is 40.9. The molecule has 0 spiro atoms. The van der Waals surface area contributed by atoms with Crippen molar-refractivity contribution in [2.75, 3.05) is 0 Å². The van der Waals surface area contributed by atoms with Gasteiger partial charge in [0.15, 0.2) is 5.78 Å². The lowest BCUT2D eigenvalue weighted by Gasteiger charge is -2.08. The van der Waals surface area contributed by atoms with Crippen LogP contribution in [0, 0.1) is 3.57 Å². The molecule has 0 fully saturated rings. The lowest BCUT2D eigenvalue weighted by molar-refractivity contribution is -0.274. The maximum atomic E-state index is 12.0. The van der Waals surface area contributed by atoms with E-state index in [1.807, 2.05) is 12.1 Å². The molecule has 0 N–H and O–H groups in total. The Balaban J connectivity index is 2.04. The van der Waals surface area contributed by atoms with Crippen LogP contribution in [-0.2, 0) is 0 Å². The first-order valence-electron chi connectivity index (χ1n) is 6.17. The number of ketones is 1. The number of hydrogen-bond acceptors (Lipinski definition) is 2. The highest BCUT2D eigenvalue weighted by molar-refractivity contribution is 14.1. The van der Waals surface area contributed by atoms with E-state index in [1.54, 1.807) is 12.1 Å². The molecule has 6 heteroatoms. The van der Waals surface area contributed by atoms with Crippen LogP contribution in [0.4, 0.5) is 13.2 Å². The Morgan fingerprint density at radius 1 is 1.00 bits per heavy atom. The van der Waals surface area contributed by atoms with Gasteiger partial charge in [0.2, 0.25) is 0 Å². The molecule has 0 aliphatic heterocycles. The summed E-state index contributed by atoms with van der Waals surface area (Å²) in [5.74, 6) is -0.472. The molecule has 0 amide bonds. The van der Waals surface area contributed by atoms with Crippen molar-refractivity contribution in [3.8, 4) is 5.75 Å². The molecule has 114 valence electrons. The average Bonchev–Trinajstić information content (AvgIpc) is 2.45. The van der Waals surface area contributed by atoms with Crippen LogP contribution in [0.1, 0.15) is 15.9 Å². The molecule has 0 aliphatic rings. The number of halogens is 4. The quantitative estimate of drug-likeness (QED) is 0.393. The average molecular weight is 418 g/mol. The minimum atomic E-state index is -4.71. The molecule has 0 bridgehead atoms. The van der Waals surface area contributed by atoms with Crippen LogP contribution >= 0.6 is 22.6 Å². The van der Waals surface area contributed by atoms with Gasteiger partial charge in [-0.2, -0.15) is 0 Å². The van der Waals surface area contributed by atoms with E-state index in [9.17, 15) is 18.0 Å². The summed E-state index contributed by atoms with van der Waals surface area (Å²) in [6, 6.07) is 12.4. The third-order valence-electron chi connectivity index (χ3n) is 2.67. The summed E-state index contributed by atoms with van der Waals surface area (Å²) in [7, 11) is 0. The Morgan fingerprint density at radius 2 is 1.59 bits per heavy atom. The van der Waals surface area contributed by atoms with Gasteiger partial charge in [-0.15, -0.1) is 13.2 Å². The summed E-state index contributed by atoms with van der Waals surface area (Å²) in [5, 5.41) is 0. The first kappa shape index (κ1) is 16.5. The molecule has 0 aromatic heterocycles. The largest absolute Gasteiger partial charge is 0.573 e. The second-order valence-electron chi connectivity index (χ2n) is 4.32. The van der Waals surface area contributed by atoms with Crippen LogP contribution in [0.2, 0.25) is 0 Å². The van der Waals surface area contributed by atoms with Crippen molar-refractivity contribution in [1.82, 2.24) is 0 Å². The van der Waals surface area contributed by atoms with Gasteiger partial charge in [-0.05, 0) is 58.5 Å². The van der Waals surface area contributed by atoms with Crippen molar-refractivity contribution in [2.45, 2.75) is 6.36 Å². The van der Waals surface area contributed by atoms with Crippen LogP contribution < -0.4 is 4.74 Å². The molecule has 0 unspecified atom stereocenters. The zero-order chi connectivity index (χ0) is 16.2. The molecule has 0 saturated carbocycles. The van der Waals surface area contributed by atoms with Gasteiger partial charge in [0, 0.05) is 9.13 Å². The second-order valence-corrected chi connectivity index (χ2v) is 5.57. The van der Waals surface area contributed by atoms with Gasteiger partial charge >= 0.3 is 6.36 Å². The predicted molar refractivity (Wildman–Crippen MR) is 85.6 cm³/mol. The molecule has 0 atom stereocenters. The molecule has 0 heterocycles. The fraction of sp³-hybridized carbons (Fsp3) is 0.0625. The Bertz CT molecular complexity index is 674. The Hall–Kier alpha value is -1.83. The lowest BCUT2D eigenvalue weighted by atomic mass is 10.1. The molecule has 0 saturated heterocycles. The van der Waals surface area contributed by atoms with E-state index < -0.39 is 6.36 Å². The van der Waals surface area contributed by atoms with Crippen LogP contribution in [0.3, 0.4) is 0 Å². The molecule has 0 aliphatic carbocycles. The van der Waals surface area contributed by atoms with Crippen molar-refractivity contribution in [3.05, 3.63) is 69.3 Å². The normalized spacial score (nSPS) is 11.6. The van der Waals surface area contributed by atoms with Crippen LogP contribution in [0.25, 0.3) is 6.08 Å². The van der Waals surface area contributed by atoms with E-state index in [1.165, 1.54) is 36.4 Å². The fourth-order valence-corrected chi connectivity index (χ4v) is 2.02. The SMILES string of the molecule is O=C(/C=C/c1ccc(OC(F)(F)F)cc1)c1ccc(I)cc1. The van der Waals surface area contributed by atoms with E-state index >= 15 is 0 Å². The third kappa shape index (κ3) is 5.18. The smallest absolute Gasteiger partial charge is 0.406 e. The summed E-state index contributed by atoms with van der Waals surface area (Å²) in [6.45, 7) is 0. The molecular weight excluding hydrogens is 408 g/mol. The van der Waals surface area contributed by atoms with Gasteiger partial charge < -0.3 is 4.74 Å². The number of carbonyl (C=O) groups excluding carboxylic acids is 1. The second kappa shape index (κ2) is 6.95. The molecule has 2 aromatic rings.